The molecule has 3 rings (SSSR count). The van der Waals surface area contributed by atoms with Crippen molar-refractivity contribution in [3.63, 3.8) is 0 Å². The van der Waals surface area contributed by atoms with Crippen LogP contribution in [0.15, 0.2) is 24.4 Å². The zero-order valence-corrected chi connectivity index (χ0v) is 13.4. The Morgan fingerprint density at radius 2 is 1.90 bits per heavy atom. The Morgan fingerprint density at radius 3 is 2.57 bits per heavy atom. The molecule has 21 heavy (non-hydrogen) atoms. The van der Waals surface area contributed by atoms with Gasteiger partial charge in [0.15, 0.2) is 0 Å². The molecule has 0 N–H and O–H groups in total. The molecule has 0 aromatic carbocycles. The van der Waals surface area contributed by atoms with Crippen LogP contribution < -0.4 is 4.90 Å². The fourth-order valence-corrected chi connectivity index (χ4v) is 3.00. The van der Waals surface area contributed by atoms with Crippen molar-refractivity contribution in [2.75, 3.05) is 11.9 Å². The SMILES string of the molecule is CN(c1ccccn1)c1nnc(C2CCCCC2)n1C.Cl. The molecule has 0 amide bonds. The van der Waals surface area contributed by atoms with Gasteiger partial charge in [0.05, 0.1) is 0 Å². The van der Waals surface area contributed by atoms with Crippen LogP contribution in [0.4, 0.5) is 11.8 Å². The second kappa shape index (κ2) is 6.89. The zero-order valence-electron chi connectivity index (χ0n) is 12.6. The van der Waals surface area contributed by atoms with Gasteiger partial charge >= 0.3 is 0 Å². The van der Waals surface area contributed by atoms with Gasteiger partial charge in [-0.15, -0.1) is 22.6 Å². The summed E-state index contributed by atoms with van der Waals surface area (Å²) in [4.78, 5) is 6.35. The molecule has 6 heteroatoms. The van der Waals surface area contributed by atoms with Gasteiger partial charge in [-0.2, -0.15) is 0 Å². The Morgan fingerprint density at radius 1 is 1.14 bits per heavy atom. The lowest BCUT2D eigenvalue weighted by Gasteiger charge is -2.22. The summed E-state index contributed by atoms with van der Waals surface area (Å²) in [7, 11) is 4.04. The van der Waals surface area contributed by atoms with Gasteiger partial charge in [0.2, 0.25) is 5.95 Å². The molecule has 0 spiro atoms. The predicted molar refractivity (Wildman–Crippen MR) is 86.4 cm³/mol. The Bertz CT molecular complexity index is 563. The monoisotopic (exact) mass is 307 g/mol. The average molecular weight is 308 g/mol. The van der Waals surface area contributed by atoms with Gasteiger partial charge in [0.1, 0.15) is 11.6 Å². The molecule has 0 saturated heterocycles. The quantitative estimate of drug-likeness (QED) is 0.871. The molecule has 1 aliphatic carbocycles. The largest absolute Gasteiger partial charge is 0.300 e. The highest BCUT2D eigenvalue weighted by atomic mass is 35.5. The summed E-state index contributed by atoms with van der Waals surface area (Å²) in [6.45, 7) is 0. The molecular weight excluding hydrogens is 286 g/mol. The van der Waals surface area contributed by atoms with Gasteiger partial charge in [-0.05, 0) is 25.0 Å². The van der Waals surface area contributed by atoms with Crippen LogP contribution in [0.2, 0.25) is 0 Å². The highest BCUT2D eigenvalue weighted by Gasteiger charge is 2.23. The molecule has 0 bridgehead atoms. The number of anilines is 2. The van der Waals surface area contributed by atoms with Gasteiger partial charge in [-0.1, -0.05) is 25.3 Å². The molecule has 1 fully saturated rings. The number of hydrogen-bond donors (Lipinski definition) is 0. The van der Waals surface area contributed by atoms with Gasteiger partial charge in [0.25, 0.3) is 0 Å². The van der Waals surface area contributed by atoms with Gasteiger partial charge in [0, 0.05) is 26.2 Å². The molecule has 2 aromatic heterocycles. The smallest absolute Gasteiger partial charge is 0.232 e. The second-order valence-corrected chi connectivity index (χ2v) is 5.50. The zero-order chi connectivity index (χ0) is 13.9. The van der Waals surface area contributed by atoms with E-state index < -0.39 is 0 Å². The van der Waals surface area contributed by atoms with E-state index in [0.29, 0.717) is 5.92 Å². The number of pyridine rings is 1. The van der Waals surface area contributed by atoms with Crippen molar-refractivity contribution in [2.45, 2.75) is 38.0 Å². The molecule has 0 radical (unpaired) electrons. The molecule has 0 aliphatic heterocycles. The standard InChI is InChI=1S/C15H21N5.ClH/c1-19(13-10-6-7-11-16-13)15-18-17-14(20(15)2)12-8-4-3-5-9-12;/h6-7,10-12H,3-5,8-9H2,1-2H3;1H. The van der Waals surface area contributed by atoms with Crippen LogP contribution in [0.5, 0.6) is 0 Å². The number of nitrogens with zero attached hydrogens (tertiary/aromatic N) is 5. The fourth-order valence-electron chi connectivity index (χ4n) is 3.00. The van der Waals surface area contributed by atoms with Gasteiger partial charge < -0.3 is 0 Å². The van der Waals surface area contributed by atoms with Crippen LogP contribution in [-0.2, 0) is 7.05 Å². The van der Waals surface area contributed by atoms with Crippen molar-refractivity contribution in [3.8, 4) is 0 Å². The highest BCUT2D eigenvalue weighted by molar-refractivity contribution is 5.85. The molecule has 114 valence electrons. The van der Waals surface area contributed by atoms with Crippen molar-refractivity contribution in [3.05, 3.63) is 30.2 Å². The van der Waals surface area contributed by atoms with Crippen LogP contribution >= 0.6 is 12.4 Å². The summed E-state index contributed by atoms with van der Waals surface area (Å²) >= 11 is 0. The number of rotatable bonds is 3. The van der Waals surface area contributed by atoms with Crippen molar-refractivity contribution in [1.29, 1.82) is 0 Å². The first-order valence-corrected chi connectivity index (χ1v) is 7.31. The molecule has 2 heterocycles. The number of halogens is 1. The molecule has 1 saturated carbocycles. The minimum absolute atomic E-state index is 0. The lowest BCUT2D eigenvalue weighted by molar-refractivity contribution is 0.420. The first-order chi connectivity index (χ1) is 9.77. The van der Waals surface area contributed by atoms with Crippen LogP contribution in [-0.4, -0.2) is 26.8 Å². The van der Waals surface area contributed by atoms with Gasteiger partial charge in [-0.25, -0.2) is 4.98 Å². The average Bonchev–Trinajstić information content (AvgIpc) is 2.90. The van der Waals surface area contributed by atoms with Crippen molar-refractivity contribution in [1.82, 2.24) is 19.7 Å². The maximum absolute atomic E-state index is 4.43. The maximum Gasteiger partial charge on any atom is 0.232 e. The van der Waals surface area contributed by atoms with E-state index in [4.69, 9.17) is 0 Å². The Balaban J connectivity index is 0.00000161. The first-order valence-electron chi connectivity index (χ1n) is 7.31. The van der Waals surface area contributed by atoms with Crippen LogP contribution in [0.3, 0.4) is 0 Å². The van der Waals surface area contributed by atoms with E-state index in [-0.39, 0.29) is 12.4 Å². The Hall–Kier alpha value is -1.62. The summed E-state index contributed by atoms with van der Waals surface area (Å²) in [6, 6.07) is 5.88. The van der Waals surface area contributed by atoms with E-state index in [1.54, 1.807) is 6.20 Å². The highest BCUT2D eigenvalue weighted by Crippen LogP contribution is 2.33. The van der Waals surface area contributed by atoms with Crippen LogP contribution in [0.1, 0.15) is 43.8 Å². The summed E-state index contributed by atoms with van der Waals surface area (Å²) in [5, 5.41) is 8.80. The van der Waals surface area contributed by atoms with E-state index >= 15 is 0 Å². The van der Waals surface area contributed by atoms with E-state index in [2.05, 4.69) is 26.8 Å². The molecule has 0 atom stereocenters. The number of aromatic nitrogens is 4. The second-order valence-electron chi connectivity index (χ2n) is 5.50. The van der Waals surface area contributed by atoms with E-state index in [1.807, 2.05) is 30.1 Å². The fraction of sp³-hybridized carbons (Fsp3) is 0.533. The molecular formula is C15H22ClN5. The van der Waals surface area contributed by atoms with Crippen LogP contribution in [0, 0.1) is 0 Å². The topological polar surface area (TPSA) is 46.8 Å². The first kappa shape index (κ1) is 15.8. The lowest BCUT2D eigenvalue weighted by Crippen LogP contribution is -2.17. The third-order valence-electron chi connectivity index (χ3n) is 4.15. The normalized spacial score (nSPS) is 15.5. The third-order valence-corrected chi connectivity index (χ3v) is 4.15. The van der Waals surface area contributed by atoms with Crippen molar-refractivity contribution < 1.29 is 0 Å². The predicted octanol–water partition coefficient (Wildman–Crippen LogP) is 3.45. The Kier molecular flexibility index (Phi) is 5.17. The summed E-state index contributed by atoms with van der Waals surface area (Å²) < 4.78 is 2.12. The molecule has 0 unspecified atom stereocenters. The maximum atomic E-state index is 4.43. The van der Waals surface area contributed by atoms with Crippen molar-refractivity contribution >= 4 is 24.2 Å². The summed E-state index contributed by atoms with van der Waals surface area (Å²) in [5.41, 5.74) is 0. The van der Waals surface area contributed by atoms with E-state index in [9.17, 15) is 0 Å². The lowest BCUT2D eigenvalue weighted by atomic mass is 9.89. The molecule has 1 aliphatic rings. The minimum Gasteiger partial charge on any atom is -0.300 e. The van der Waals surface area contributed by atoms with Gasteiger partial charge in [-0.3, -0.25) is 9.47 Å². The number of hydrogen-bond acceptors (Lipinski definition) is 4. The van der Waals surface area contributed by atoms with E-state index in [1.165, 1.54) is 32.1 Å². The summed E-state index contributed by atoms with van der Waals surface area (Å²) in [6.07, 6.45) is 8.24. The van der Waals surface area contributed by atoms with E-state index in [0.717, 1.165) is 17.6 Å². The van der Waals surface area contributed by atoms with Crippen LogP contribution in [0.25, 0.3) is 0 Å². The minimum atomic E-state index is 0. The van der Waals surface area contributed by atoms with Crippen molar-refractivity contribution in [2.24, 2.45) is 7.05 Å². The Labute approximate surface area is 131 Å². The molecule has 2 aromatic rings. The molecule has 5 nitrogen and oxygen atoms in total. The summed E-state index contributed by atoms with van der Waals surface area (Å²) in [5.74, 6) is 3.41. The third kappa shape index (κ3) is 3.18.